The Morgan fingerprint density at radius 3 is 2.70 bits per heavy atom. The van der Waals surface area contributed by atoms with Gasteiger partial charge < -0.3 is 15.3 Å². The third kappa shape index (κ3) is 4.05. The summed E-state index contributed by atoms with van der Waals surface area (Å²) in [6.07, 6.45) is 2.02. The van der Waals surface area contributed by atoms with Crippen molar-refractivity contribution in [3.05, 3.63) is 35.9 Å². The van der Waals surface area contributed by atoms with E-state index in [1.165, 1.54) is 0 Å². The fourth-order valence-electron chi connectivity index (χ4n) is 2.51. The molecule has 1 heterocycles. The van der Waals surface area contributed by atoms with Gasteiger partial charge in [0.1, 0.15) is 0 Å². The molecule has 0 aromatic heterocycles. The van der Waals surface area contributed by atoms with E-state index in [1.807, 2.05) is 30.0 Å². The first-order chi connectivity index (χ1) is 9.70. The Hall–Kier alpha value is -1.39. The number of carbonyl (C=O) groups is 1. The average Bonchev–Trinajstić information content (AvgIpc) is 2.89. The van der Waals surface area contributed by atoms with Crippen molar-refractivity contribution in [3.63, 3.8) is 0 Å². The Labute approximate surface area is 120 Å². The van der Waals surface area contributed by atoms with Crippen LogP contribution in [0.2, 0.25) is 0 Å². The van der Waals surface area contributed by atoms with Crippen LogP contribution < -0.4 is 5.32 Å². The van der Waals surface area contributed by atoms with E-state index in [4.69, 9.17) is 0 Å². The van der Waals surface area contributed by atoms with E-state index in [2.05, 4.69) is 17.4 Å². The van der Waals surface area contributed by atoms with Gasteiger partial charge in [-0.15, -0.1) is 0 Å². The molecule has 2 atom stereocenters. The lowest BCUT2D eigenvalue weighted by Gasteiger charge is -2.26. The first-order valence-corrected chi connectivity index (χ1v) is 7.45. The molecule has 1 aromatic carbocycles. The summed E-state index contributed by atoms with van der Waals surface area (Å²) in [6, 6.07) is 10.2. The van der Waals surface area contributed by atoms with Crippen molar-refractivity contribution in [2.75, 3.05) is 19.6 Å². The van der Waals surface area contributed by atoms with Crippen molar-refractivity contribution in [1.82, 2.24) is 10.2 Å². The summed E-state index contributed by atoms with van der Waals surface area (Å²) in [5.74, 6) is 0.240. The smallest absolute Gasteiger partial charge is 0.222 e. The van der Waals surface area contributed by atoms with Gasteiger partial charge in [0.2, 0.25) is 5.91 Å². The lowest BCUT2D eigenvalue weighted by molar-refractivity contribution is -0.128. The number of carbonyl (C=O) groups excluding carboxylic acids is 1. The fourth-order valence-corrected chi connectivity index (χ4v) is 2.51. The van der Waals surface area contributed by atoms with Crippen LogP contribution in [0.4, 0.5) is 0 Å². The molecule has 0 radical (unpaired) electrons. The van der Waals surface area contributed by atoms with E-state index in [9.17, 15) is 9.90 Å². The standard InChI is InChI=1S/C16H24N2O2/c1-2-14(19)11-17-15(13-7-4-3-5-8-13)12-18-10-6-9-16(18)20/h3-5,7-8,14-15,17,19H,2,6,9-12H2,1H3/t14-,15?/m1/s1. The SMILES string of the molecule is CC[C@@H](O)CNC(CN1CCCC1=O)c1ccccc1. The fraction of sp³-hybridized carbons (Fsp3) is 0.562. The van der Waals surface area contributed by atoms with Gasteiger partial charge in [0.05, 0.1) is 6.10 Å². The molecule has 4 nitrogen and oxygen atoms in total. The summed E-state index contributed by atoms with van der Waals surface area (Å²) in [7, 11) is 0. The first-order valence-electron chi connectivity index (χ1n) is 7.45. The molecule has 1 aromatic rings. The molecule has 2 N–H and O–H groups in total. The van der Waals surface area contributed by atoms with Crippen molar-refractivity contribution >= 4 is 5.91 Å². The van der Waals surface area contributed by atoms with E-state index < -0.39 is 0 Å². The highest BCUT2D eigenvalue weighted by Gasteiger charge is 2.24. The maximum absolute atomic E-state index is 11.8. The number of rotatable bonds is 7. The van der Waals surface area contributed by atoms with Gasteiger partial charge in [0, 0.05) is 32.1 Å². The summed E-state index contributed by atoms with van der Waals surface area (Å²) >= 11 is 0. The van der Waals surface area contributed by atoms with Crippen LogP contribution >= 0.6 is 0 Å². The molecule has 110 valence electrons. The summed E-state index contributed by atoms with van der Waals surface area (Å²) in [4.78, 5) is 13.7. The molecule has 0 saturated carbocycles. The van der Waals surface area contributed by atoms with E-state index >= 15 is 0 Å². The van der Waals surface area contributed by atoms with Gasteiger partial charge in [-0.3, -0.25) is 4.79 Å². The highest BCUT2D eigenvalue weighted by molar-refractivity contribution is 5.78. The number of amides is 1. The molecule has 2 rings (SSSR count). The van der Waals surface area contributed by atoms with Crippen molar-refractivity contribution in [1.29, 1.82) is 0 Å². The predicted molar refractivity (Wildman–Crippen MR) is 79.3 cm³/mol. The highest BCUT2D eigenvalue weighted by atomic mass is 16.3. The van der Waals surface area contributed by atoms with Gasteiger partial charge in [-0.1, -0.05) is 37.3 Å². The van der Waals surface area contributed by atoms with Crippen LogP contribution in [0, 0.1) is 0 Å². The Morgan fingerprint density at radius 1 is 1.35 bits per heavy atom. The largest absolute Gasteiger partial charge is 0.392 e. The summed E-state index contributed by atoms with van der Waals surface area (Å²) < 4.78 is 0. The van der Waals surface area contributed by atoms with Crippen LogP contribution in [0.15, 0.2) is 30.3 Å². The maximum atomic E-state index is 11.8. The lowest BCUT2D eigenvalue weighted by atomic mass is 10.1. The van der Waals surface area contributed by atoms with Crippen molar-refractivity contribution in [2.24, 2.45) is 0 Å². The quantitative estimate of drug-likeness (QED) is 0.797. The Balaban J connectivity index is 2.01. The Morgan fingerprint density at radius 2 is 2.10 bits per heavy atom. The number of aliphatic hydroxyl groups excluding tert-OH is 1. The Bertz CT molecular complexity index is 422. The minimum Gasteiger partial charge on any atom is -0.392 e. The summed E-state index contributed by atoms with van der Waals surface area (Å²) in [5, 5.41) is 13.1. The van der Waals surface area contributed by atoms with Crippen LogP contribution in [0.25, 0.3) is 0 Å². The van der Waals surface area contributed by atoms with Gasteiger partial charge in [0.25, 0.3) is 0 Å². The number of hydrogen-bond acceptors (Lipinski definition) is 3. The van der Waals surface area contributed by atoms with Crippen molar-refractivity contribution in [2.45, 2.75) is 38.3 Å². The normalized spacial score (nSPS) is 18.3. The maximum Gasteiger partial charge on any atom is 0.222 e. The molecule has 0 bridgehead atoms. The Kier molecular flexibility index (Phi) is 5.56. The first kappa shape index (κ1) is 15.0. The number of hydrogen-bond donors (Lipinski definition) is 2. The van der Waals surface area contributed by atoms with Gasteiger partial charge in [0.15, 0.2) is 0 Å². The number of nitrogens with one attached hydrogen (secondary N) is 1. The zero-order chi connectivity index (χ0) is 14.4. The van der Waals surface area contributed by atoms with Gasteiger partial charge >= 0.3 is 0 Å². The molecule has 0 spiro atoms. The highest BCUT2D eigenvalue weighted by Crippen LogP contribution is 2.18. The molecular weight excluding hydrogens is 252 g/mol. The number of likely N-dealkylation sites (tertiary alicyclic amines) is 1. The molecule has 1 aliphatic heterocycles. The second kappa shape index (κ2) is 7.41. The zero-order valence-corrected chi connectivity index (χ0v) is 12.1. The van der Waals surface area contributed by atoms with Gasteiger partial charge in [-0.2, -0.15) is 0 Å². The van der Waals surface area contributed by atoms with Crippen LogP contribution in [0.1, 0.15) is 37.8 Å². The second-order valence-corrected chi connectivity index (χ2v) is 5.38. The van der Waals surface area contributed by atoms with Crippen LogP contribution in [-0.2, 0) is 4.79 Å². The van der Waals surface area contributed by atoms with Gasteiger partial charge in [-0.25, -0.2) is 0 Å². The number of aliphatic hydroxyl groups is 1. The van der Waals surface area contributed by atoms with E-state index in [1.54, 1.807) is 0 Å². The van der Waals surface area contributed by atoms with E-state index in [-0.39, 0.29) is 18.1 Å². The molecule has 1 unspecified atom stereocenters. The molecule has 20 heavy (non-hydrogen) atoms. The van der Waals surface area contributed by atoms with E-state index in [0.29, 0.717) is 19.5 Å². The topological polar surface area (TPSA) is 52.6 Å². The third-order valence-corrected chi connectivity index (χ3v) is 3.85. The lowest BCUT2D eigenvalue weighted by Crippen LogP contribution is -2.38. The van der Waals surface area contributed by atoms with Crippen molar-refractivity contribution < 1.29 is 9.90 Å². The molecular formula is C16H24N2O2. The molecule has 0 aliphatic carbocycles. The molecule has 1 saturated heterocycles. The third-order valence-electron chi connectivity index (χ3n) is 3.85. The van der Waals surface area contributed by atoms with Crippen molar-refractivity contribution in [3.8, 4) is 0 Å². The minimum atomic E-state index is -0.338. The van der Waals surface area contributed by atoms with Gasteiger partial charge in [-0.05, 0) is 18.4 Å². The molecule has 1 aliphatic rings. The molecule has 4 heteroatoms. The second-order valence-electron chi connectivity index (χ2n) is 5.38. The monoisotopic (exact) mass is 276 g/mol. The summed E-state index contributed by atoms with van der Waals surface area (Å²) in [5.41, 5.74) is 1.16. The van der Waals surface area contributed by atoms with Crippen LogP contribution in [0.3, 0.4) is 0 Å². The zero-order valence-electron chi connectivity index (χ0n) is 12.1. The number of nitrogens with zero attached hydrogens (tertiary/aromatic N) is 1. The summed E-state index contributed by atoms with van der Waals surface area (Å²) in [6.45, 7) is 4.05. The molecule has 1 fully saturated rings. The number of benzene rings is 1. The average molecular weight is 276 g/mol. The predicted octanol–water partition coefficient (Wildman–Crippen LogP) is 1.71. The molecule has 1 amide bonds. The van der Waals surface area contributed by atoms with E-state index in [0.717, 1.165) is 24.9 Å². The van der Waals surface area contributed by atoms with Crippen LogP contribution in [-0.4, -0.2) is 41.7 Å². The minimum absolute atomic E-state index is 0.0828. The van der Waals surface area contributed by atoms with Crippen LogP contribution in [0.5, 0.6) is 0 Å².